The maximum atomic E-state index is 12.6. The molecule has 0 bridgehead atoms. The van der Waals surface area contributed by atoms with Gasteiger partial charge in [0.15, 0.2) is 0 Å². The Morgan fingerprint density at radius 1 is 1.37 bits per heavy atom. The molecule has 3 rings (SSSR count). The molecule has 2 atom stereocenters. The van der Waals surface area contributed by atoms with Gasteiger partial charge in [-0.25, -0.2) is 4.99 Å². The van der Waals surface area contributed by atoms with Crippen LogP contribution in [0.5, 0.6) is 0 Å². The maximum Gasteiger partial charge on any atom is 0.262 e. The van der Waals surface area contributed by atoms with Gasteiger partial charge in [-0.1, -0.05) is 18.5 Å². The Labute approximate surface area is 117 Å². The summed E-state index contributed by atoms with van der Waals surface area (Å²) in [6.45, 7) is 4.91. The fourth-order valence-electron chi connectivity index (χ4n) is 2.57. The number of amides is 1. The lowest BCUT2D eigenvalue weighted by Gasteiger charge is -2.42. The van der Waals surface area contributed by atoms with Crippen LogP contribution in [0, 0.1) is 5.92 Å². The predicted octanol–water partition coefficient (Wildman–Crippen LogP) is 2.63. The van der Waals surface area contributed by atoms with Gasteiger partial charge in [0.2, 0.25) is 5.96 Å². The van der Waals surface area contributed by atoms with E-state index < -0.39 is 0 Å². The Balaban J connectivity index is 2.15. The molecule has 0 saturated carbocycles. The monoisotopic (exact) mass is 277 g/mol. The second-order valence-corrected chi connectivity index (χ2v) is 5.72. The highest BCUT2D eigenvalue weighted by Gasteiger charge is 2.37. The fourth-order valence-corrected chi connectivity index (χ4v) is 2.74. The SMILES string of the molecule is CC1CN2C(=O)c3cc(Cl)ccc3N(C)C2=NC1C. The molecule has 0 N–H and O–H groups in total. The lowest BCUT2D eigenvalue weighted by atomic mass is 9.99. The highest BCUT2D eigenvalue weighted by atomic mass is 35.5. The van der Waals surface area contributed by atoms with E-state index in [1.807, 2.05) is 18.0 Å². The van der Waals surface area contributed by atoms with Gasteiger partial charge in [0, 0.05) is 18.6 Å². The minimum absolute atomic E-state index is 0.00639. The zero-order valence-electron chi connectivity index (χ0n) is 11.2. The lowest BCUT2D eigenvalue weighted by Crippen LogP contribution is -2.55. The van der Waals surface area contributed by atoms with E-state index in [0.717, 1.165) is 11.6 Å². The summed E-state index contributed by atoms with van der Waals surface area (Å²) >= 11 is 6.00. The van der Waals surface area contributed by atoms with E-state index in [1.165, 1.54) is 0 Å². The van der Waals surface area contributed by atoms with E-state index in [-0.39, 0.29) is 11.9 Å². The average molecular weight is 278 g/mol. The van der Waals surface area contributed by atoms with Crippen LogP contribution in [0.4, 0.5) is 5.69 Å². The molecule has 5 heteroatoms. The van der Waals surface area contributed by atoms with Crippen LogP contribution in [-0.4, -0.2) is 36.4 Å². The Morgan fingerprint density at radius 2 is 2.11 bits per heavy atom. The van der Waals surface area contributed by atoms with E-state index in [1.54, 1.807) is 17.0 Å². The van der Waals surface area contributed by atoms with Crippen molar-refractivity contribution in [3.8, 4) is 0 Å². The topological polar surface area (TPSA) is 35.9 Å². The number of carbonyl (C=O) groups excluding carboxylic acids is 1. The van der Waals surface area contributed by atoms with Crippen molar-refractivity contribution in [2.24, 2.45) is 10.9 Å². The normalized spacial score (nSPS) is 25.9. The smallest absolute Gasteiger partial charge is 0.262 e. The number of hydrogen-bond acceptors (Lipinski definition) is 3. The standard InChI is InChI=1S/C14H16ClN3O/c1-8-7-18-13(19)11-6-10(15)4-5-12(11)17(3)14(18)16-9(8)2/h4-6,8-9H,7H2,1-3H3. The first kappa shape index (κ1) is 12.5. The van der Waals surface area contributed by atoms with Gasteiger partial charge < -0.3 is 4.90 Å². The Bertz CT molecular complexity index is 584. The molecule has 19 heavy (non-hydrogen) atoms. The Morgan fingerprint density at radius 3 is 2.84 bits per heavy atom. The molecule has 0 aliphatic carbocycles. The molecule has 1 amide bonds. The molecule has 2 heterocycles. The van der Waals surface area contributed by atoms with Crippen LogP contribution < -0.4 is 4.90 Å². The molecule has 0 aromatic heterocycles. The van der Waals surface area contributed by atoms with Gasteiger partial charge in [0.25, 0.3) is 5.91 Å². The third kappa shape index (κ3) is 1.82. The van der Waals surface area contributed by atoms with Crippen molar-refractivity contribution in [1.29, 1.82) is 0 Å². The number of halogens is 1. The summed E-state index contributed by atoms with van der Waals surface area (Å²) in [6.07, 6.45) is 0. The minimum atomic E-state index is -0.00639. The quantitative estimate of drug-likeness (QED) is 0.731. The minimum Gasteiger partial charge on any atom is -0.314 e. The van der Waals surface area contributed by atoms with Crippen molar-refractivity contribution in [3.63, 3.8) is 0 Å². The molecule has 0 spiro atoms. The summed E-state index contributed by atoms with van der Waals surface area (Å²) in [5.74, 6) is 1.10. The van der Waals surface area contributed by atoms with Gasteiger partial charge in [-0.05, 0) is 31.0 Å². The fraction of sp³-hybridized carbons (Fsp3) is 0.429. The van der Waals surface area contributed by atoms with Crippen LogP contribution >= 0.6 is 11.6 Å². The van der Waals surface area contributed by atoms with E-state index >= 15 is 0 Å². The number of fused-ring (bicyclic) bond motifs is 2. The van der Waals surface area contributed by atoms with Crippen LogP contribution in [0.15, 0.2) is 23.2 Å². The number of hydrogen-bond donors (Lipinski definition) is 0. The van der Waals surface area contributed by atoms with Crippen LogP contribution in [-0.2, 0) is 0 Å². The van der Waals surface area contributed by atoms with Gasteiger partial charge in [0.1, 0.15) is 0 Å². The molecule has 0 radical (unpaired) electrons. The second-order valence-electron chi connectivity index (χ2n) is 5.28. The lowest BCUT2D eigenvalue weighted by molar-refractivity contribution is 0.0810. The van der Waals surface area contributed by atoms with E-state index in [0.29, 0.717) is 23.0 Å². The first-order valence-electron chi connectivity index (χ1n) is 6.42. The van der Waals surface area contributed by atoms with Crippen molar-refractivity contribution >= 4 is 29.2 Å². The summed E-state index contributed by atoms with van der Waals surface area (Å²) < 4.78 is 0. The number of benzene rings is 1. The third-order valence-electron chi connectivity index (χ3n) is 3.95. The molecule has 2 aliphatic heterocycles. The summed E-state index contributed by atoms with van der Waals surface area (Å²) in [5.41, 5.74) is 1.52. The van der Waals surface area contributed by atoms with Crippen molar-refractivity contribution in [2.75, 3.05) is 18.5 Å². The molecular weight excluding hydrogens is 262 g/mol. The van der Waals surface area contributed by atoms with Crippen LogP contribution in [0.1, 0.15) is 24.2 Å². The van der Waals surface area contributed by atoms with Crippen molar-refractivity contribution in [3.05, 3.63) is 28.8 Å². The number of guanidine groups is 1. The van der Waals surface area contributed by atoms with Gasteiger partial charge in [-0.15, -0.1) is 0 Å². The van der Waals surface area contributed by atoms with Crippen molar-refractivity contribution in [1.82, 2.24) is 4.90 Å². The summed E-state index contributed by atoms with van der Waals surface area (Å²) in [4.78, 5) is 20.9. The molecule has 0 fully saturated rings. The van der Waals surface area contributed by atoms with Gasteiger partial charge in [-0.2, -0.15) is 0 Å². The largest absolute Gasteiger partial charge is 0.314 e. The van der Waals surface area contributed by atoms with Crippen molar-refractivity contribution in [2.45, 2.75) is 19.9 Å². The summed E-state index contributed by atoms with van der Waals surface area (Å²) in [5, 5.41) is 0.583. The molecule has 2 unspecified atom stereocenters. The molecule has 0 saturated heterocycles. The zero-order valence-corrected chi connectivity index (χ0v) is 12.0. The summed E-state index contributed by atoms with van der Waals surface area (Å²) in [6, 6.07) is 5.64. The first-order valence-corrected chi connectivity index (χ1v) is 6.80. The van der Waals surface area contributed by atoms with E-state index in [2.05, 4.69) is 18.8 Å². The van der Waals surface area contributed by atoms with Crippen LogP contribution in [0.2, 0.25) is 5.02 Å². The second kappa shape index (κ2) is 4.23. The molecule has 2 aliphatic rings. The zero-order chi connectivity index (χ0) is 13.7. The number of aliphatic imine (C=N–C) groups is 1. The highest BCUT2D eigenvalue weighted by molar-refractivity contribution is 6.31. The third-order valence-corrected chi connectivity index (χ3v) is 4.19. The molecule has 1 aromatic rings. The van der Waals surface area contributed by atoms with Crippen LogP contribution in [0.3, 0.4) is 0 Å². The van der Waals surface area contributed by atoms with Gasteiger partial charge in [0.05, 0.1) is 17.3 Å². The Kier molecular flexibility index (Phi) is 2.78. The van der Waals surface area contributed by atoms with Gasteiger partial charge in [-0.3, -0.25) is 9.69 Å². The summed E-state index contributed by atoms with van der Waals surface area (Å²) in [7, 11) is 1.94. The highest BCUT2D eigenvalue weighted by Crippen LogP contribution is 2.32. The number of carbonyl (C=O) groups is 1. The average Bonchev–Trinajstić information content (AvgIpc) is 2.38. The molecule has 1 aromatic carbocycles. The molecular formula is C14H16ClN3O. The first-order chi connectivity index (χ1) is 8.99. The molecule has 100 valence electrons. The molecule has 4 nitrogen and oxygen atoms in total. The number of rotatable bonds is 0. The van der Waals surface area contributed by atoms with Crippen LogP contribution in [0.25, 0.3) is 0 Å². The number of anilines is 1. The van der Waals surface area contributed by atoms with E-state index in [4.69, 9.17) is 11.6 Å². The predicted molar refractivity (Wildman–Crippen MR) is 77.0 cm³/mol. The van der Waals surface area contributed by atoms with Crippen molar-refractivity contribution < 1.29 is 4.79 Å². The van der Waals surface area contributed by atoms with Gasteiger partial charge >= 0.3 is 0 Å². The van der Waals surface area contributed by atoms with E-state index in [9.17, 15) is 4.79 Å². The maximum absolute atomic E-state index is 12.6. The number of nitrogens with zero attached hydrogens (tertiary/aromatic N) is 3. The Hall–Kier alpha value is -1.55.